The minimum atomic E-state index is -0.466. The third kappa shape index (κ3) is 3.85. The van der Waals surface area contributed by atoms with Gasteiger partial charge in [-0.15, -0.1) is 0 Å². The molecule has 0 unspecified atom stereocenters. The standard InChI is InChI=1S/C31H48O6/c1-17-9-12-31(34-16-17)18(2)28-26(37-31)14-25-23-8-7-21-13-22(35-19(3)32)10-11-29(21,5)24(23)15-27(30(25,28)6)36-20(4)33/h17-18,21-28H,7-16H2,1-6H3/t17-,18+,21+,22+,23+,24+,25-,26+,27+,28+,29+,30-,31-/m1/s1. The van der Waals surface area contributed by atoms with Gasteiger partial charge in [0, 0.05) is 37.5 Å². The molecule has 6 aliphatic rings. The van der Waals surface area contributed by atoms with Gasteiger partial charge in [0.05, 0.1) is 12.7 Å². The predicted molar refractivity (Wildman–Crippen MR) is 138 cm³/mol. The first-order valence-electron chi connectivity index (χ1n) is 15.1. The fourth-order valence-corrected chi connectivity index (χ4v) is 10.9. The van der Waals surface area contributed by atoms with Crippen LogP contribution in [0.2, 0.25) is 0 Å². The molecule has 4 saturated carbocycles. The average molecular weight is 517 g/mol. The molecule has 2 saturated heterocycles. The molecule has 0 radical (unpaired) electrons. The van der Waals surface area contributed by atoms with E-state index in [1.807, 2.05) is 0 Å². The van der Waals surface area contributed by atoms with Crippen LogP contribution in [-0.4, -0.2) is 42.6 Å². The van der Waals surface area contributed by atoms with E-state index in [4.69, 9.17) is 18.9 Å². The molecule has 2 aliphatic heterocycles. The zero-order chi connectivity index (χ0) is 26.3. The quantitative estimate of drug-likeness (QED) is 0.425. The van der Waals surface area contributed by atoms with Crippen LogP contribution in [0.4, 0.5) is 0 Å². The van der Waals surface area contributed by atoms with Crippen molar-refractivity contribution in [2.24, 2.45) is 52.3 Å². The summed E-state index contributed by atoms with van der Waals surface area (Å²) in [7, 11) is 0. The monoisotopic (exact) mass is 516 g/mol. The Bertz CT molecular complexity index is 925. The van der Waals surface area contributed by atoms with Crippen LogP contribution in [0.3, 0.4) is 0 Å². The van der Waals surface area contributed by atoms with Gasteiger partial charge < -0.3 is 18.9 Å². The highest BCUT2D eigenvalue weighted by molar-refractivity contribution is 5.66. The van der Waals surface area contributed by atoms with Crippen LogP contribution >= 0.6 is 0 Å². The van der Waals surface area contributed by atoms with E-state index in [9.17, 15) is 9.59 Å². The first-order chi connectivity index (χ1) is 17.5. The Labute approximate surface area is 222 Å². The summed E-state index contributed by atoms with van der Waals surface area (Å²) in [6.07, 6.45) is 9.70. The third-order valence-electron chi connectivity index (χ3n) is 12.6. The minimum absolute atomic E-state index is 0.0553. The van der Waals surface area contributed by atoms with Crippen molar-refractivity contribution >= 4 is 11.9 Å². The topological polar surface area (TPSA) is 71.1 Å². The average Bonchev–Trinajstić information content (AvgIpc) is 3.27. The lowest BCUT2D eigenvalue weighted by Crippen LogP contribution is -2.60. The highest BCUT2D eigenvalue weighted by Gasteiger charge is 2.72. The molecule has 0 N–H and O–H groups in total. The Morgan fingerprint density at radius 3 is 2.30 bits per heavy atom. The summed E-state index contributed by atoms with van der Waals surface area (Å²) in [5, 5.41) is 0. The molecule has 37 heavy (non-hydrogen) atoms. The summed E-state index contributed by atoms with van der Waals surface area (Å²) < 4.78 is 25.4. The SMILES string of the molecule is CC(=O)O[C@H]1CC[C@@]2(C)[C@@H](CC[C@@H]3[C@H]4C[C@@H]5O[C@]6(CC[C@@H](C)CO6)[C@@H](C)[C@@H]5[C@@]4(C)[C@@H](OC(C)=O)C[C@@H]32)C1. The molecule has 208 valence electrons. The van der Waals surface area contributed by atoms with Crippen molar-refractivity contribution in [3.8, 4) is 0 Å². The number of ether oxygens (including phenoxy) is 4. The second kappa shape index (κ2) is 8.94. The van der Waals surface area contributed by atoms with Crippen LogP contribution in [0, 0.1) is 52.3 Å². The van der Waals surface area contributed by atoms with E-state index < -0.39 is 5.79 Å². The van der Waals surface area contributed by atoms with Gasteiger partial charge in [0.15, 0.2) is 5.79 Å². The van der Waals surface area contributed by atoms with Crippen molar-refractivity contribution in [3.63, 3.8) is 0 Å². The zero-order valence-corrected chi connectivity index (χ0v) is 23.8. The fraction of sp³-hybridized carbons (Fsp3) is 0.935. The molecule has 0 amide bonds. The number of esters is 2. The summed E-state index contributed by atoms with van der Waals surface area (Å²) in [5.41, 5.74) is 0.109. The van der Waals surface area contributed by atoms with Crippen molar-refractivity contribution in [1.82, 2.24) is 0 Å². The molecule has 0 aromatic heterocycles. The van der Waals surface area contributed by atoms with E-state index in [0.717, 1.165) is 51.6 Å². The molecule has 4 aliphatic carbocycles. The van der Waals surface area contributed by atoms with Crippen LogP contribution in [0.1, 0.15) is 99.3 Å². The smallest absolute Gasteiger partial charge is 0.302 e. The Morgan fingerprint density at radius 1 is 0.865 bits per heavy atom. The number of hydrogen-bond acceptors (Lipinski definition) is 6. The lowest BCUT2D eigenvalue weighted by atomic mass is 9.43. The summed E-state index contributed by atoms with van der Waals surface area (Å²) in [6, 6.07) is 0. The van der Waals surface area contributed by atoms with Crippen LogP contribution in [0.25, 0.3) is 0 Å². The second-order valence-corrected chi connectivity index (χ2v) is 14.3. The van der Waals surface area contributed by atoms with Gasteiger partial charge in [0.1, 0.15) is 12.2 Å². The molecule has 6 fully saturated rings. The molecule has 6 nitrogen and oxygen atoms in total. The maximum atomic E-state index is 12.5. The highest BCUT2D eigenvalue weighted by Crippen LogP contribution is 2.71. The number of hydrogen-bond donors (Lipinski definition) is 0. The van der Waals surface area contributed by atoms with Gasteiger partial charge in [-0.3, -0.25) is 9.59 Å². The molecule has 13 atom stereocenters. The first-order valence-corrected chi connectivity index (χ1v) is 15.1. The Morgan fingerprint density at radius 2 is 1.62 bits per heavy atom. The summed E-state index contributed by atoms with van der Waals surface area (Å²) in [6.45, 7) is 13.4. The van der Waals surface area contributed by atoms with Crippen molar-refractivity contribution in [2.75, 3.05) is 6.61 Å². The maximum Gasteiger partial charge on any atom is 0.302 e. The molecule has 1 spiro atoms. The number of carbonyl (C=O) groups is 2. The molecule has 6 heteroatoms. The number of fused-ring (bicyclic) bond motifs is 7. The maximum absolute atomic E-state index is 12.5. The molecule has 0 aromatic carbocycles. The van der Waals surface area contributed by atoms with E-state index in [1.165, 1.54) is 19.8 Å². The second-order valence-electron chi connectivity index (χ2n) is 14.3. The lowest BCUT2D eigenvalue weighted by Gasteiger charge is -2.62. The van der Waals surface area contributed by atoms with Crippen LogP contribution in [0.5, 0.6) is 0 Å². The third-order valence-corrected chi connectivity index (χ3v) is 12.6. The molecular formula is C31H48O6. The van der Waals surface area contributed by atoms with Gasteiger partial charge in [-0.1, -0.05) is 27.7 Å². The minimum Gasteiger partial charge on any atom is -0.463 e. The molecular weight excluding hydrogens is 468 g/mol. The Kier molecular flexibility index (Phi) is 6.31. The first kappa shape index (κ1) is 26.1. The van der Waals surface area contributed by atoms with Gasteiger partial charge in [-0.2, -0.15) is 0 Å². The lowest BCUT2D eigenvalue weighted by molar-refractivity contribution is -0.274. The Balaban J connectivity index is 1.30. The molecule has 0 bridgehead atoms. The molecule has 0 aromatic rings. The van der Waals surface area contributed by atoms with Gasteiger partial charge >= 0.3 is 11.9 Å². The van der Waals surface area contributed by atoms with Crippen molar-refractivity contribution in [1.29, 1.82) is 0 Å². The zero-order valence-electron chi connectivity index (χ0n) is 23.8. The van der Waals surface area contributed by atoms with E-state index in [2.05, 4.69) is 27.7 Å². The highest BCUT2D eigenvalue weighted by atomic mass is 16.7. The number of rotatable bonds is 2. The van der Waals surface area contributed by atoms with Gasteiger partial charge in [-0.05, 0) is 86.4 Å². The van der Waals surface area contributed by atoms with Crippen LogP contribution in [-0.2, 0) is 28.5 Å². The summed E-state index contributed by atoms with van der Waals surface area (Å²) in [5.74, 6) is 2.66. The van der Waals surface area contributed by atoms with Gasteiger partial charge in [0.2, 0.25) is 0 Å². The molecule has 2 heterocycles. The van der Waals surface area contributed by atoms with E-state index in [1.54, 1.807) is 6.92 Å². The van der Waals surface area contributed by atoms with Gasteiger partial charge in [-0.25, -0.2) is 0 Å². The largest absolute Gasteiger partial charge is 0.463 e. The predicted octanol–water partition coefficient (Wildman–Crippen LogP) is 5.91. The van der Waals surface area contributed by atoms with Crippen molar-refractivity contribution in [2.45, 2.75) is 123 Å². The summed E-state index contributed by atoms with van der Waals surface area (Å²) in [4.78, 5) is 24.1. The van der Waals surface area contributed by atoms with Crippen molar-refractivity contribution in [3.05, 3.63) is 0 Å². The van der Waals surface area contributed by atoms with Crippen LogP contribution < -0.4 is 0 Å². The normalized spacial score (nSPS) is 54.5. The summed E-state index contributed by atoms with van der Waals surface area (Å²) >= 11 is 0. The fourth-order valence-electron chi connectivity index (χ4n) is 10.9. The van der Waals surface area contributed by atoms with E-state index in [-0.39, 0.29) is 41.1 Å². The Hall–Kier alpha value is -1.14. The van der Waals surface area contributed by atoms with Gasteiger partial charge in [0.25, 0.3) is 0 Å². The molecule has 6 rings (SSSR count). The van der Waals surface area contributed by atoms with E-state index >= 15 is 0 Å². The number of carbonyl (C=O) groups excluding carboxylic acids is 2. The van der Waals surface area contributed by atoms with Crippen molar-refractivity contribution < 1.29 is 28.5 Å². The van der Waals surface area contributed by atoms with E-state index in [0.29, 0.717) is 41.4 Å². The van der Waals surface area contributed by atoms with Crippen LogP contribution in [0.15, 0.2) is 0 Å².